The Morgan fingerprint density at radius 1 is 1.00 bits per heavy atom. The Kier molecular flexibility index (Phi) is 9.13. The van der Waals surface area contributed by atoms with Gasteiger partial charge in [-0.25, -0.2) is 4.79 Å². The topological polar surface area (TPSA) is 104 Å². The van der Waals surface area contributed by atoms with Gasteiger partial charge in [-0.2, -0.15) is 5.26 Å². The molecule has 10 heteroatoms. The Bertz CT molecular complexity index is 1810. The molecule has 1 heterocycles. The maximum Gasteiger partial charge on any atom is 0.336 e. The number of carbonyl (C=O) groups excluding carboxylic acids is 1. The van der Waals surface area contributed by atoms with Crippen LogP contribution in [0.25, 0.3) is 6.08 Å². The second kappa shape index (κ2) is 13.1. The van der Waals surface area contributed by atoms with E-state index in [1.165, 1.54) is 13.2 Å². The van der Waals surface area contributed by atoms with E-state index in [4.69, 9.17) is 59.5 Å². The van der Waals surface area contributed by atoms with Crippen LogP contribution in [0.4, 0.5) is 0 Å². The number of nitrogens with zero attached hydrogens (tertiary/aromatic N) is 1. The number of esters is 1. The minimum atomic E-state index is -0.603. The predicted octanol–water partition coefficient (Wildman–Crippen LogP) is 8.07. The highest BCUT2D eigenvalue weighted by atomic mass is 35.5. The molecule has 0 aliphatic carbocycles. The zero-order valence-corrected chi connectivity index (χ0v) is 24.9. The van der Waals surface area contributed by atoms with Crippen molar-refractivity contribution in [3.8, 4) is 29.1 Å². The third-order valence-electron chi connectivity index (χ3n) is 6.63. The van der Waals surface area contributed by atoms with Crippen molar-refractivity contribution in [3.63, 3.8) is 0 Å². The number of carbonyl (C=O) groups is 1. The van der Waals surface area contributed by atoms with Crippen LogP contribution in [-0.2, 0) is 11.4 Å². The molecule has 1 aliphatic rings. The van der Waals surface area contributed by atoms with Gasteiger partial charge in [0, 0.05) is 38.3 Å². The SMILES string of the molecule is COc1cc(C2C(C#N)=C(N)Oc3cc(OC(=O)/C=C/c4ccccc4Cl)ccc32)ccc1OCc1ccc(Cl)cc1Cl. The standard InChI is InChI=1S/C33H23Cl3N2O5/c1-40-30-14-20(7-12-28(30)41-18-21-6-9-22(34)15-27(21)36)32-24-11-10-23(16-29(24)43-33(38)25(32)17-37)42-31(39)13-8-19-4-2-3-5-26(19)35/h2-16,32H,18,38H2,1H3/b13-8+. The van der Waals surface area contributed by atoms with E-state index in [-0.39, 0.29) is 23.8 Å². The van der Waals surface area contributed by atoms with Gasteiger partial charge >= 0.3 is 5.97 Å². The average molecular weight is 634 g/mol. The number of rotatable bonds is 8. The Morgan fingerprint density at radius 3 is 2.56 bits per heavy atom. The van der Waals surface area contributed by atoms with E-state index in [0.717, 1.165) is 5.56 Å². The fourth-order valence-electron chi connectivity index (χ4n) is 4.54. The Balaban J connectivity index is 1.39. The fourth-order valence-corrected chi connectivity index (χ4v) is 5.20. The first kappa shape index (κ1) is 29.9. The highest BCUT2D eigenvalue weighted by molar-refractivity contribution is 6.35. The molecule has 0 amide bonds. The lowest BCUT2D eigenvalue weighted by molar-refractivity contribution is -0.128. The zero-order valence-electron chi connectivity index (χ0n) is 22.6. The van der Waals surface area contributed by atoms with Gasteiger partial charge < -0.3 is 24.7 Å². The molecule has 0 saturated carbocycles. The molecule has 0 bridgehead atoms. The second-order valence-corrected chi connectivity index (χ2v) is 10.6. The van der Waals surface area contributed by atoms with Gasteiger partial charge in [0.1, 0.15) is 29.7 Å². The molecule has 4 aromatic carbocycles. The summed E-state index contributed by atoms with van der Waals surface area (Å²) in [6, 6.07) is 24.7. The average Bonchev–Trinajstić information content (AvgIpc) is 2.99. The van der Waals surface area contributed by atoms with E-state index in [0.29, 0.717) is 49.0 Å². The van der Waals surface area contributed by atoms with Gasteiger partial charge in [-0.1, -0.05) is 71.2 Å². The number of nitriles is 1. The molecule has 0 spiro atoms. The van der Waals surface area contributed by atoms with Gasteiger partial charge in [-0.15, -0.1) is 0 Å². The summed E-state index contributed by atoms with van der Waals surface area (Å²) in [5.74, 6) is 0.273. The maximum atomic E-state index is 12.5. The summed E-state index contributed by atoms with van der Waals surface area (Å²) in [6.45, 7) is 0.192. The van der Waals surface area contributed by atoms with Crippen LogP contribution in [0.1, 0.15) is 28.2 Å². The fraction of sp³-hybridized carbons (Fsp3) is 0.0909. The quantitative estimate of drug-likeness (QED) is 0.119. The first-order chi connectivity index (χ1) is 20.8. The summed E-state index contributed by atoms with van der Waals surface area (Å²) < 4.78 is 22.8. The van der Waals surface area contributed by atoms with Gasteiger partial charge in [0.2, 0.25) is 5.88 Å². The number of ether oxygens (including phenoxy) is 4. The van der Waals surface area contributed by atoms with Crippen LogP contribution in [0.3, 0.4) is 0 Å². The highest BCUT2D eigenvalue weighted by Gasteiger charge is 2.31. The van der Waals surface area contributed by atoms with Crippen LogP contribution in [-0.4, -0.2) is 13.1 Å². The van der Waals surface area contributed by atoms with Gasteiger partial charge in [0.25, 0.3) is 0 Å². The molecule has 1 aliphatic heterocycles. The normalized spacial score (nSPS) is 14.1. The van der Waals surface area contributed by atoms with E-state index >= 15 is 0 Å². The van der Waals surface area contributed by atoms with E-state index in [2.05, 4.69) is 6.07 Å². The first-order valence-corrected chi connectivity index (χ1v) is 14.0. The van der Waals surface area contributed by atoms with E-state index in [1.54, 1.807) is 72.8 Å². The summed E-state index contributed by atoms with van der Waals surface area (Å²) in [5.41, 5.74) is 9.20. The molecule has 0 aromatic heterocycles. The van der Waals surface area contributed by atoms with Crippen molar-refractivity contribution in [1.29, 1.82) is 5.26 Å². The molecule has 5 rings (SSSR count). The smallest absolute Gasteiger partial charge is 0.336 e. The molecule has 0 radical (unpaired) electrons. The van der Waals surface area contributed by atoms with Gasteiger partial charge in [0.15, 0.2) is 11.5 Å². The molecule has 4 aromatic rings. The monoisotopic (exact) mass is 632 g/mol. The summed E-state index contributed by atoms with van der Waals surface area (Å²) in [7, 11) is 1.52. The highest BCUT2D eigenvalue weighted by Crippen LogP contribution is 2.45. The zero-order chi connectivity index (χ0) is 30.5. The van der Waals surface area contributed by atoms with Crippen molar-refractivity contribution >= 4 is 46.8 Å². The van der Waals surface area contributed by atoms with Gasteiger partial charge in [0.05, 0.1) is 13.0 Å². The summed E-state index contributed by atoms with van der Waals surface area (Å²) in [4.78, 5) is 12.5. The number of benzene rings is 4. The van der Waals surface area contributed by atoms with Crippen molar-refractivity contribution in [2.45, 2.75) is 12.5 Å². The number of nitrogens with two attached hydrogens (primary N) is 1. The number of hydrogen-bond donors (Lipinski definition) is 1. The molecule has 7 nitrogen and oxygen atoms in total. The molecule has 43 heavy (non-hydrogen) atoms. The number of allylic oxidation sites excluding steroid dienone is 1. The molecular formula is C33H23Cl3N2O5. The summed E-state index contributed by atoms with van der Waals surface area (Å²) >= 11 is 18.4. The molecule has 0 saturated heterocycles. The molecule has 216 valence electrons. The Labute approximate surface area is 263 Å². The van der Waals surface area contributed by atoms with Crippen LogP contribution in [0, 0.1) is 11.3 Å². The molecule has 0 fully saturated rings. The van der Waals surface area contributed by atoms with Crippen molar-refractivity contribution in [3.05, 3.63) is 134 Å². The Morgan fingerprint density at radius 2 is 1.81 bits per heavy atom. The van der Waals surface area contributed by atoms with Crippen molar-refractivity contribution < 1.29 is 23.7 Å². The van der Waals surface area contributed by atoms with Crippen molar-refractivity contribution in [2.24, 2.45) is 5.73 Å². The van der Waals surface area contributed by atoms with Crippen LogP contribution in [0.2, 0.25) is 15.1 Å². The third kappa shape index (κ3) is 6.73. The lowest BCUT2D eigenvalue weighted by Crippen LogP contribution is -2.21. The van der Waals surface area contributed by atoms with Gasteiger partial charge in [-0.3, -0.25) is 0 Å². The van der Waals surface area contributed by atoms with E-state index in [1.807, 2.05) is 12.1 Å². The Hall–Kier alpha value is -4.61. The van der Waals surface area contributed by atoms with E-state index < -0.39 is 11.9 Å². The molecule has 1 atom stereocenters. The van der Waals surface area contributed by atoms with Crippen LogP contribution in [0.5, 0.6) is 23.0 Å². The number of halogens is 3. The lowest BCUT2D eigenvalue weighted by atomic mass is 9.83. The van der Waals surface area contributed by atoms with Gasteiger partial charge in [-0.05, 0) is 53.6 Å². The van der Waals surface area contributed by atoms with Crippen molar-refractivity contribution in [1.82, 2.24) is 0 Å². The first-order valence-electron chi connectivity index (χ1n) is 12.9. The lowest BCUT2D eigenvalue weighted by Gasteiger charge is -2.27. The van der Waals surface area contributed by atoms with Crippen LogP contribution in [0.15, 0.2) is 96.4 Å². The minimum Gasteiger partial charge on any atom is -0.493 e. The third-order valence-corrected chi connectivity index (χ3v) is 7.56. The molecule has 2 N–H and O–H groups in total. The van der Waals surface area contributed by atoms with Crippen LogP contribution >= 0.6 is 34.8 Å². The number of hydrogen-bond acceptors (Lipinski definition) is 7. The van der Waals surface area contributed by atoms with Crippen molar-refractivity contribution in [2.75, 3.05) is 7.11 Å². The summed E-state index contributed by atoms with van der Waals surface area (Å²) in [5, 5.41) is 11.5. The minimum absolute atomic E-state index is 0.0567. The van der Waals surface area contributed by atoms with E-state index in [9.17, 15) is 10.1 Å². The summed E-state index contributed by atoms with van der Waals surface area (Å²) in [6.07, 6.45) is 2.85. The second-order valence-electron chi connectivity index (χ2n) is 9.34. The van der Waals surface area contributed by atoms with Crippen LogP contribution < -0.4 is 24.7 Å². The molecular weight excluding hydrogens is 611 g/mol. The maximum absolute atomic E-state index is 12.5. The largest absolute Gasteiger partial charge is 0.493 e. The molecule has 1 unspecified atom stereocenters. The number of methoxy groups -OCH3 is 1. The number of fused-ring (bicyclic) bond motifs is 1. The predicted molar refractivity (Wildman–Crippen MR) is 166 cm³/mol.